The molecule has 0 unspecified atom stereocenters. The zero-order chi connectivity index (χ0) is 15.5. The maximum atomic E-state index is 9.90. The summed E-state index contributed by atoms with van der Waals surface area (Å²) in [5, 5.41) is 18.1. The van der Waals surface area contributed by atoms with Crippen LogP contribution in [0.25, 0.3) is 16.9 Å². The molecule has 0 spiro atoms. The van der Waals surface area contributed by atoms with Crippen molar-refractivity contribution in [3.8, 4) is 28.4 Å². The molecule has 3 rings (SSSR count). The summed E-state index contributed by atoms with van der Waals surface area (Å²) >= 11 is 0. The van der Waals surface area contributed by atoms with Crippen LogP contribution < -0.4 is 10.5 Å². The molecule has 0 bridgehead atoms. The second kappa shape index (κ2) is 5.77. The van der Waals surface area contributed by atoms with Gasteiger partial charge in [0.15, 0.2) is 5.82 Å². The van der Waals surface area contributed by atoms with Crippen molar-refractivity contribution in [3.05, 3.63) is 48.5 Å². The molecule has 112 valence electrons. The number of ether oxygens (including phenoxy) is 1. The summed E-state index contributed by atoms with van der Waals surface area (Å²) in [7, 11) is 0. The Morgan fingerprint density at radius 2 is 1.86 bits per heavy atom. The Bertz CT molecular complexity index is 781. The molecule has 1 aromatic heterocycles. The van der Waals surface area contributed by atoms with Gasteiger partial charge in [-0.1, -0.05) is 17.3 Å². The van der Waals surface area contributed by atoms with E-state index in [1.165, 1.54) is 4.68 Å². The average Bonchev–Trinajstić information content (AvgIpc) is 2.91. The van der Waals surface area contributed by atoms with E-state index in [1.54, 1.807) is 24.3 Å². The predicted molar refractivity (Wildman–Crippen MR) is 84.0 cm³/mol. The summed E-state index contributed by atoms with van der Waals surface area (Å²) < 4.78 is 6.83. The first-order valence-electron chi connectivity index (χ1n) is 6.93. The summed E-state index contributed by atoms with van der Waals surface area (Å²) in [5.41, 5.74) is 8.02. The lowest BCUT2D eigenvalue weighted by atomic mass is 10.1. The fraction of sp³-hybridized carbons (Fsp3) is 0.125. The second-order valence-corrected chi connectivity index (χ2v) is 4.68. The van der Waals surface area contributed by atoms with Gasteiger partial charge in [-0.3, -0.25) is 0 Å². The first kappa shape index (κ1) is 13.9. The quantitative estimate of drug-likeness (QED) is 0.773. The molecule has 0 aliphatic rings. The van der Waals surface area contributed by atoms with E-state index < -0.39 is 0 Å². The molecular formula is C16H16N4O2. The molecule has 0 aliphatic heterocycles. The van der Waals surface area contributed by atoms with E-state index in [0.717, 1.165) is 11.3 Å². The van der Waals surface area contributed by atoms with Gasteiger partial charge in [-0.05, 0) is 43.3 Å². The Morgan fingerprint density at radius 3 is 2.55 bits per heavy atom. The van der Waals surface area contributed by atoms with Crippen molar-refractivity contribution in [1.82, 2.24) is 15.0 Å². The lowest BCUT2D eigenvalue weighted by molar-refractivity contribution is 0.340. The van der Waals surface area contributed by atoms with E-state index in [0.29, 0.717) is 23.8 Å². The second-order valence-electron chi connectivity index (χ2n) is 4.68. The van der Waals surface area contributed by atoms with Crippen LogP contribution in [0.5, 0.6) is 11.5 Å². The molecule has 0 saturated carbocycles. The number of rotatable bonds is 4. The maximum absolute atomic E-state index is 9.90. The molecule has 0 saturated heterocycles. The van der Waals surface area contributed by atoms with Crippen LogP contribution in [0.1, 0.15) is 6.92 Å². The third-order valence-corrected chi connectivity index (χ3v) is 3.25. The number of benzene rings is 2. The number of aromatic nitrogens is 3. The van der Waals surface area contributed by atoms with E-state index in [2.05, 4.69) is 10.3 Å². The molecule has 2 aromatic carbocycles. The van der Waals surface area contributed by atoms with Gasteiger partial charge < -0.3 is 15.6 Å². The molecule has 0 aliphatic carbocycles. The van der Waals surface area contributed by atoms with Crippen LogP contribution in [0.4, 0.5) is 5.82 Å². The maximum Gasteiger partial charge on any atom is 0.156 e. The van der Waals surface area contributed by atoms with Gasteiger partial charge in [0.2, 0.25) is 0 Å². The number of nitrogens with two attached hydrogens (primary N) is 1. The summed E-state index contributed by atoms with van der Waals surface area (Å²) in [6.07, 6.45) is 0. The Labute approximate surface area is 127 Å². The molecular weight excluding hydrogens is 280 g/mol. The number of para-hydroxylation sites is 2. The van der Waals surface area contributed by atoms with Gasteiger partial charge in [0.25, 0.3) is 0 Å². The number of aromatic hydroxyl groups is 1. The van der Waals surface area contributed by atoms with Gasteiger partial charge in [-0.2, -0.15) is 4.68 Å². The van der Waals surface area contributed by atoms with Crippen molar-refractivity contribution in [2.24, 2.45) is 0 Å². The molecule has 3 N–H and O–H groups in total. The van der Waals surface area contributed by atoms with Crippen LogP contribution in [-0.2, 0) is 0 Å². The zero-order valence-electron chi connectivity index (χ0n) is 12.1. The summed E-state index contributed by atoms with van der Waals surface area (Å²) in [5.74, 6) is 1.25. The largest absolute Gasteiger partial charge is 0.506 e. The van der Waals surface area contributed by atoms with Gasteiger partial charge in [-0.25, -0.2) is 0 Å². The number of nitrogen functional groups attached to an aromatic ring is 1. The molecule has 22 heavy (non-hydrogen) atoms. The minimum atomic E-state index is 0.0948. The fourth-order valence-electron chi connectivity index (χ4n) is 2.19. The molecule has 0 amide bonds. The smallest absolute Gasteiger partial charge is 0.156 e. The molecule has 3 aromatic rings. The minimum Gasteiger partial charge on any atom is -0.506 e. The van der Waals surface area contributed by atoms with Gasteiger partial charge in [0, 0.05) is 5.56 Å². The first-order valence-corrected chi connectivity index (χ1v) is 6.93. The number of hydrogen-bond acceptors (Lipinski definition) is 5. The highest BCUT2D eigenvalue weighted by Gasteiger charge is 2.15. The van der Waals surface area contributed by atoms with E-state index >= 15 is 0 Å². The van der Waals surface area contributed by atoms with Crippen LogP contribution >= 0.6 is 0 Å². The summed E-state index contributed by atoms with van der Waals surface area (Å²) in [6.45, 7) is 2.55. The Hall–Kier alpha value is -3.02. The number of anilines is 1. The normalized spacial score (nSPS) is 10.6. The lowest BCUT2D eigenvalue weighted by Crippen LogP contribution is -2.02. The van der Waals surface area contributed by atoms with Crippen molar-refractivity contribution in [2.75, 3.05) is 12.3 Å². The molecule has 1 heterocycles. The third-order valence-electron chi connectivity index (χ3n) is 3.25. The number of nitrogens with zero attached hydrogens (tertiary/aromatic N) is 3. The van der Waals surface area contributed by atoms with Crippen LogP contribution in [-0.4, -0.2) is 26.7 Å². The Morgan fingerprint density at radius 1 is 1.14 bits per heavy atom. The topological polar surface area (TPSA) is 86.2 Å². The molecule has 6 heteroatoms. The average molecular weight is 296 g/mol. The standard InChI is InChI=1S/C16H16N4O2/c1-2-22-12-9-7-11(8-10-12)15-16(17)20(19-18-15)13-5-3-4-6-14(13)21/h3-10,21H,2,17H2,1H3. The monoisotopic (exact) mass is 296 g/mol. The summed E-state index contributed by atoms with van der Waals surface area (Å²) in [6, 6.07) is 14.3. The van der Waals surface area contributed by atoms with Gasteiger partial charge in [0.05, 0.1) is 6.61 Å². The Kier molecular flexibility index (Phi) is 3.65. The highest BCUT2D eigenvalue weighted by molar-refractivity contribution is 5.71. The van der Waals surface area contributed by atoms with Gasteiger partial charge in [0.1, 0.15) is 22.9 Å². The van der Waals surface area contributed by atoms with E-state index in [-0.39, 0.29) is 5.75 Å². The van der Waals surface area contributed by atoms with Crippen molar-refractivity contribution < 1.29 is 9.84 Å². The molecule has 0 atom stereocenters. The molecule has 6 nitrogen and oxygen atoms in total. The SMILES string of the molecule is CCOc1ccc(-c2nnn(-c3ccccc3O)c2N)cc1. The molecule has 0 fully saturated rings. The van der Waals surface area contributed by atoms with Crippen molar-refractivity contribution in [3.63, 3.8) is 0 Å². The predicted octanol–water partition coefficient (Wildman–Crippen LogP) is 2.62. The van der Waals surface area contributed by atoms with Crippen molar-refractivity contribution >= 4 is 5.82 Å². The number of phenols is 1. The Balaban J connectivity index is 1.98. The highest BCUT2D eigenvalue weighted by atomic mass is 16.5. The van der Waals surface area contributed by atoms with Crippen LogP contribution in [0, 0.1) is 0 Å². The lowest BCUT2D eigenvalue weighted by Gasteiger charge is -2.06. The van der Waals surface area contributed by atoms with Crippen LogP contribution in [0.3, 0.4) is 0 Å². The van der Waals surface area contributed by atoms with E-state index in [1.807, 2.05) is 31.2 Å². The molecule has 0 radical (unpaired) electrons. The van der Waals surface area contributed by atoms with Crippen molar-refractivity contribution in [1.29, 1.82) is 0 Å². The van der Waals surface area contributed by atoms with Crippen molar-refractivity contribution in [2.45, 2.75) is 6.92 Å². The minimum absolute atomic E-state index is 0.0948. The number of hydrogen-bond donors (Lipinski definition) is 2. The van der Waals surface area contributed by atoms with E-state index in [4.69, 9.17) is 10.5 Å². The zero-order valence-corrected chi connectivity index (χ0v) is 12.1. The van der Waals surface area contributed by atoms with Gasteiger partial charge in [-0.15, -0.1) is 5.10 Å². The van der Waals surface area contributed by atoms with Gasteiger partial charge >= 0.3 is 0 Å². The van der Waals surface area contributed by atoms with E-state index in [9.17, 15) is 5.11 Å². The summed E-state index contributed by atoms with van der Waals surface area (Å²) in [4.78, 5) is 0. The van der Waals surface area contributed by atoms with Crippen LogP contribution in [0.15, 0.2) is 48.5 Å². The fourth-order valence-corrected chi connectivity index (χ4v) is 2.19. The van der Waals surface area contributed by atoms with Crippen LogP contribution in [0.2, 0.25) is 0 Å². The highest BCUT2D eigenvalue weighted by Crippen LogP contribution is 2.29. The first-order chi connectivity index (χ1) is 10.7. The third kappa shape index (κ3) is 2.46. The number of phenolic OH excluding ortho intramolecular Hbond substituents is 1.